The van der Waals surface area contributed by atoms with E-state index in [-0.39, 0.29) is 0 Å². The van der Waals surface area contributed by atoms with Gasteiger partial charge in [-0.15, -0.1) is 0 Å². The first-order valence-electron chi connectivity index (χ1n) is 4.39. The van der Waals surface area contributed by atoms with Gasteiger partial charge in [-0.3, -0.25) is 0 Å². The van der Waals surface area contributed by atoms with Crippen LogP contribution in [0.4, 0.5) is 0 Å². The molecule has 3 nitrogen and oxygen atoms in total. The molecule has 2 aromatic rings. The van der Waals surface area contributed by atoms with Crippen molar-refractivity contribution in [1.29, 1.82) is 0 Å². The normalized spacial score (nSPS) is 10.3. The van der Waals surface area contributed by atoms with Gasteiger partial charge in [-0.25, -0.2) is 4.98 Å². The number of aromatic nitrogens is 2. The summed E-state index contributed by atoms with van der Waals surface area (Å²) in [5.41, 5.74) is 1.17. The van der Waals surface area contributed by atoms with Gasteiger partial charge in [0, 0.05) is 6.42 Å². The lowest BCUT2D eigenvalue weighted by atomic mass is 10.1. The van der Waals surface area contributed by atoms with Crippen LogP contribution in [0.5, 0.6) is 5.75 Å². The molecule has 1 aromatic carbocycles. The van der Waals surface area contributed by atoms with Crippen molar-refractivity contribution < 1.29 is 4.74 Å². The van der Waals surface area contributed by atoms with Gasteiger partial charge in [-0.05, 0) is 40.8 Å². The molecule has 0 aliphatic rings. The number of benzene rings is 1. The van der Waals surface area contributed by atoms with Gasteiger partial charge in [0.15, 0.2) is 0 Å². The van der Waals surface area contributed by atoms with E-state index >= 15 is 0 Å². The summed E-state index contributed by atoms with van der Waals surface area (Å²) in [6, 6.07) is 7.87. The average Bonchev–Trinajstić information content (AvgIpc) is 2.65. The van der Waals surface area contributed by atoms with Crippen molar-refractivity contribution in [1.82, 2.24) is 9.36 Å². The largest absolute Gasteiger partial charge is 0.497 e. The number of nitrogens with zero attached hydrogens (tertiary/aromatic N) is 2. The Bertz CT molecular complexity index is 441. The van der Waals surface area contributed by atoms with Crippen LogP contribution in [0.2, 0.25) is 5.28 Å². The lowest BCUT2D eigenvalue weighted by molar-refractivity contribution is 0.414. The topological polar surface area (TPSA) is 35.0 Å². The van der Waals surface area contributed by atoms with Crippen LogP contribution in [0.3, 0.4) is 0 Å². The van der Waals surface area contributed by atoms with E-state index in [4.69, 9.17) is 16.3 Å². The van der Waals surface area contributed by atoms with E-state index in [9.17, 15) is 0 Å². The van der Waals surface area contributed by atoms with Gasteiger partial charge >= 0.3 is 0 Å². The molecule has 1 heterocycles. The van der Waals surface area contributed by atoms with Gasteiger partial charge in [0.05, 0.1) is 7.11 Å². The third-order valence-corrected chi connectivity index (χ3v) is 2.94. The average molecular weight is 241 g/mol. The molecule has 0 unspecified atom stereocenters. The molecule has 0 amide bonds. The molecular formula is C10H9ClN2OS. The third-order valence-electron chi connectivity index (χ3n) is 1.96. The smallest absolute Gasteiger partial charge is 0.234 e. The summed E-state index contributed by atoms with van der Waals surface area (Å²) in [5.74, 6) is 0.856. The number of rotatable bonds is 3. The van der Waals surface area contributed by atoms with E-state index in [0.717, 1.165) is 17.2 Å². The Morgan fingerprint density at radius 2 is 2.07 bits per heavy atom. The van der Waals surface area contributed by atoms with Gasteiger partial charge in [-0.2, -0.15) is 4.37 Å². The molecule has 0 saturated heterocycles. The number of ether oxygens (including phenoxy) is 1. The molecule has 1 aromatic heterocycles. The van der Waals surface area contributed by atoms with E-state index in [0.29, 0.717) is 5.28 Å². The van der Waals surface area contributed by atoms with E-state index < -0.39 is 0 Å². The van der Waals surface area contributed by atoms with Gasteiger partial charge in [0.2, 0.25) is 5.28 Å². The minimum absolute atomic E-state index is 0.323. The Hall–Kier alpha value is -1.13. The Kier molecular flexibility index (Phi) is 3.18. The van der Waals surface area contributed by atoms with Crippen molar-refractivity contribution in [2.75, 3.05) is 7.11 Å². The zero-order chi connectivity index (χ0) is 10.7. The summed E-state index contributed by atoms with van der Waals surface area (Å²) in [6.45, 7) is 0. The maximum absolute atomic E-state index is 5.64. The highest BCUT2D eigenvalue weighted by Gasteiger charge is 2.02. The Labute approximate surface area is 96.9 Å². The number of halogens is 1. The predicted molar refractivity (Wildman–Crippen MR) is 60.7 cm³/mol. The van der Waals surface area contributed by atoms with Crippen molar-refractivity contribution in [3.8, 4) is 5.75 Å². The highest BCUT2D eigenvalue weighted by molar-refractivity contribution is 7.05. The fourth-order valence-electron chi connectivity index (χ4n) is 1.22. The number of hydrogen-bond donors (Lipinski definition) is 0. The van der Waals surface area contributed by atoms with Crippen LogP contribution in [0.25, 0.3) is 0 Å². The van der Waals surface area contributed by atoms with Crippen LogP contribution in [0.1, 0.15) is 10.6 Å². The quantitative estimate of drug-likeness (QED) is 0.828. The molecule has 2 rings (SSSR count). The molecule has 0 atom stereocenters. The molecule has 15 heavy (non-hydrogen) atoms. The minimum atomic E-state index is 0.323. The summed E-state index contributed by atoms with van der Waals surface area (Å²) in [7, 11) is 1.65. The molecular weight excluding hydrogens is 232 g/mol. The fourth-order valence-corrected chi connectivity index (χ4v) is 2.06. The third kappa shape index (κ3) is 2.67. The van der Waals surface area contributed by atoms with Crippen molar-refractivity contribution in [3.05, 3.63) is 40.1 Å². The maximum Gasteiger partial charge on any atom is 0.234 e. The molecule has 0 saturated carbocycles. The van der Waals surface area contributed by atoms with Crippen LogP contribution in [0, 0.1) is 0 Å². The van der Waals surface area contributed by atoms with Crippen molar-refractivity contribution in [2.24, 2.45) is 0 Å². The second kappa shape index (κ2) is 4.59. The Morgan fingerprint density at radius 1 is 1.33 bits per heavy atom. The maximum atomic E-state index is 5.64. The summed E-state index contributed by atoms with van der Waals surface area (Å²) < 4.78 is 8.99. The summed E-state index contributed by atoms with van der Waals surface area (Å²) in [5, 5.41) is 1.24. The monoisotopic (exact) mass is 240 g/mol. The summed E-state index contributed by atoms with van der Waals surface area (Å²) in [6.07, 6.45) is 0.758. The highest BCUT2D eigenvalue weighted by Crippen LogP contribution is 2.16. The molecule has 0 aliphatic carbocycles. The van der Waals surface area contributed by atoms with Crippen LogP contribution in [0.15, 0.2) is 24.3 Å². The highest BCUT2D eigenvalue weighted by atomic mass is 35.5. The molecule has 78 valence electrons. The molecule has 0 spiro atoms. The lowest BCUT2D eigenvalue weighted by Gasteiger charge is -2.00. The van der Waals surface area contributed by atoms with Crippen molar-refractivity contribution in [3.63, 3.8) is 0 Å². The van der Waals surface area contributed by atoms with Crippen LogP contribution < -0.4 is 4.74 Å². The zero-order valence-electron chi connectivity index (χ0n) is 8.11. The molecule has 0 aliphatic heterocycles. The van der Waals surface area contributed by atoms with Crippen molar-refractivity contribution in [2.45, 2.75) is 6.42 Å². The molecule has 0 N–H and O–H groups in total. The van der Waals surface area contributed by atoms with Gasteiger partial charge < -0.3 is 4.74 Å². The Balaban J connectivity index is 2.11. The lowest BCUT2D eigenvalue weighted by Crippen LogP contribution is -1.88. The number of hydrogen-bond acceptors (Lipinski definition) is 4. The predicted octanol–water partition coefficient (Wildman–Crippen LogP) is 2.79. The van der Waals surface area contributed by atoms with E-state index in [2.05, 4.69) is 9.36 Å². The van der Waals surface area contributed by atoms with E-state index in [1.165, 1.54) is 17.1 Å². The van der Waals surface area contributed by atoms with Crippen LogP contribution in [-0.2, 0) is 6.42 Å². The standard InChI is InChI=1S/C10H9ClN2OS/c1-14-8-4-2-7(3-5-8)6-9-12-10(11)13-15-9/h2-5H,6H2,1H3. The minimum Gasteiger partial charge on any atom is -0.497 e. The second-order valence-corrected chi connectivity index (χ2v) is 4.16. The summed E-state index contributed by atoms with van der Waals surface area (Å²) in [4.78, 5) is 4.09. The van der Waals surface area contributed by atoms with E-state index in [1.807, 2.05) is 24.3 Å². The van der Waals surface area contributed by atoms with Crippen LogP contribution >= 0.6 is 23.1 Å². The van der Waals surface area contributed by atoms with E-state index in [1.54, 1.807) is 7.11 Å². The summed E-state index contributed by atoms with van der Waals surface area (Å²) >= 11 is 6.97. The fraction of sp³-hybridized carbons (Fsp3) is 0.200. The number of methoxy groups -OCH3 is 1. The van der Waals surface area contributed by atoms with Gasteiger partial charge in [0.1, 0.15) is 10.8 Å². The van der Waals surface area contributed by atoms with Crippen molar-refractivity contribution >= 4 is 23.1 Å². The van der Waals surface area contributed by atoms with Crippen LogP contribution in [-0.4, -0.2) is 16.5 Å². The second-order valence-electron chi connectivity index (χ2n) is 2.98. The SMILES string of the molecule is COc1ccc(Cc2nc(Cl)ns2)cc1. The molecule has 0 bridgehead atoms. The Morgan fingerprint density at radius 3 is 2.60 bits per heavy atom. The molecule has 5 heteroatoms. The molecule has 0 radical (unpaired) electrons. The van der Waals surface area contributed by atoms with Gasteiger partial charge in [0.25, 0.3) is 0 Å². The van der Waals surface area contributed by atoms with Gasteiger partial charge in [-0.1, -0.05) is 12.1 Å². The molecule has 0 fully saturated rings. The first-order chi connectivity index (χ1) is 7.28. The zero-order valence-corrected chi connectivity index (χ0v) is 9.68. The first kappa shape index (κ1) is 10.4. The first-order valence-corrected chi connectivity index (χ1v) is 5.54.